The molecular formula is C19H19N3O2S. The van der Waals surface area contributed by atoms with Crippen molar-refractivity contribution in [3.63, 3.8) is 0 Å². The molecule has 5 nitrogen and oxygen atoms in total. The largest absolute Gasteiger partial charge is 0.459 e. The number of aryl methyl sites for hydroxylation is 1. The van der Waals surface area contributed by atoms with Crippen molar-refractivity contribution >= 4 is 28.6 Å². The normalized spacial score (nSPS) is 13.7. The molecule has 128 valence electrons. The van der Waals surface area contributed by atoms with Crippen LogP contribution >= 0.6 is 11.3 Å². The number of hydrogen-bond donors (Lipinski definition) is 1. The number of nitrogen functional groups attached to an aromatic ring is 1. The molecule has 1 aromatic carbocycles. The van der Waals surface area contributed by atoms with Crippen molar-refractivity contribution in [1.82, 2.24) is 4.98 Å². The molecule has 3 heterocycles. The zero-order chi connectivity index (χ0) is 17.4. The van der Waals surface area contributed by atoms with Gasteiger partial charge in [-0.05, 0) is 49.6 Å². The fraction of sp³-hybridized carbons (Fsp3) is 0.263. The summed E-state index contributed by atoms with van der Waals surface area (Å²) in [7, 11) is 0. The lowest BCUT2D eigenvalue weighted by atomic mass is 9.99. The number of carbonyl (C=O) groups excluding carboxylic acids is 1. The molecule has 1 aliphatic heterocycles. The molecule has 6 heteroatoms. The Bertz CT molecular complexity index is 928. The highest BCUT2D eigenvalue weighted by Gasteiger charge is 2.24. The van der Waals surface area contributed by atoms with E-state index in [1.807, 2.05) is 47.5 Å². The van der Waals surface area contributed by atoms with E-state index in [0.717, 1.165) is 58.5 Å². The summed E-state index contributed by atoms with van der Waals surface area (Å²) < 4.78 is 5.60. The van der Waals surface area contributed by atoms with E-state index < -0.39 is 0 Å². The maximum atomic E-state index is 12.8. The van der Waals surface area contributed by atoms with Gasteiger partial charge in [-0.3, -0.25) is 4.79 Å². The summed E-state index contributed by atoms with van der Waals surface area (Å²) in [6.07, 6.45) is 2.13. The van der Waals surface area contributed by atoms with Crippen LogP contribution < -0.4 is 10.6 Å². The number of hydrogen-bond acceptors (Lipinski definition) is 5. The first-order valence-corrected chi connectivity index (χ1v) is 9.19. The van der Waals surface area contributed by atoms with E-state index in [2.05, 4.69) is 4.98 Å². The Balaban J connectivity index is 1.54. The van der Waals surface area contributed by atoms with Crippen molar-refractivity contribution in [2.24, 2.45) is 0 Å². The molecule has 0 saturated heterocycles. The highest BCUT2D eigenvalue weighted by atomic mass is 32.1. The predicted molar refractivity (Wildman–Crippen MR) is 99.8 cm³/mol. The number of benzene rings is 1. The van der Waals surface area contributed by atoms with Crippen molar-refractivity contribution in [3.8, 4) is 10.8 Å². The molecule has 0 spiro atoms. The molecule has 25 heavy (non-hydrogen) atoms. The zero-order valence-electron chi connectivity index (χ0n) is 14.0. The highest BCUT2D eigenvalue weighted by Crippen LogP contribution is 2.32. The summed E-state index contributed by atoms with van der Waals surface area (Å²) in [5.41, 5.74) is 9.62. The summed E-state index contributed by atoms with van der Waals surface area (Å²) >= 11 is 1.50. The van der Waals surface area contributed by atoms with Crippen molar-refractivity contribution in [2.45, 2.75) is 26.2 Å². The van der Waals surface area contributed by atoms with Crippen molar-refractivity contribution in [2.75, 3.05) is 17.2 Å². The third-order valence-electron chi connectivity index (χ3n) is 4.42. The number of amides is 1. The minimum Gasteiger partial charge on any atom is -0.459 e. The van der Waals surface area contributed by atoms with Gasteiger partial charge >= 0.3 is 0 Å². The average Bonchev–Trinajstić information content (AvgIpc) is 3.23. The molecule has 0 bridgehead atoms. The van der Waals surface area contributed by atoms with E-state index >= 15 is 0 Å². The van der Waals surface area contributed by atoms with Gasteiger partial charge in [-0.15, -0.1) is 11.3 Å². The molecule has 4 rings (SSSR count). The van der Waals surface area contributed by atoms with Crippen LogP contribution in [0.2, 0.25) is 0 Å². The Morgan fingerprint density at radius 1 is 1.36 bits per heavy atom. The number of nitrogens with two attached hydrogens (primary N) is 1. The molecule has 0 saturated carbocycles. The molecule has 1 aliphatic rings. The second-order valence-electron chi connectivity index (χ2n) is 6.22. The third kappa shape index (κ3) is 3.05. The minimum atomic E-state index is 0.0547. The molecule has 2 aromatic heterocycles. The highest BCUT2D eigenvalue weighted by molar-refractivity contribution is 7.13. The van der Waals surface area contributed by atoms with Gasteiger partial charge in [0.05, 0.1) is 12.1 Å². The standard InChI is InChI=1S/C19H19N3O2S/c1-12-7-8-17(24-12)19-21-13(11-25-19)10-18(23)22-9-3-4-14-15(20)5-2-6-16(14)22/h2,5-8,11H,3-4,9-10,20H2,1H3. The smallest absolute Gasteiger partial charge is 0.233 e. The summed E-state index contributed by atoms with van der Waals surface area (Å²) in [5.74, 6) is 1.65. The van der Waals surface area contributed by atoms with Crippen molar-refractivity contribution in [1.29, 1.82) is 0 Å². The maximum absolute atomic E-state index is 12.8. The van der Waals surface area contributed by atoms with E-state index in [0.29, 0.717) is 0 Å². The monoisotopic (exact) mass is 353 g/mol. The van der Waals surface area contributed by atoms with Gasteiger partial charge in [0.25, 0.3) is 0 Å². The van der Waals surface area contributed by atoms with E-state index in [1.54, 1.807) is 0 Å². The van der Waals surface area contributed by atoms with Crippen molar-refractivity contribution in [3.05, 3.63) is 52.7 Å². The summed E-state index contributed by atoms with van der Waals surface area (Å²) in [5, 5.41) is 2.73. The van der Waals surface area contributed by atoms with Crippen LogP contribution in [0.5, 0.6) is 0 Å². The number of fused-ring (bicyclic) bond motifs is 1. The second-order valence-corrected chi connectivity index (χ2v) is 7.08. The van der Waals surface area contributed by atoms with Crippen LogP contribution in [-0.4, -0.2) is 17.4 Å². The predicted octanol–water partition coefficient (Wildman–Crippen LogP) is 3.82. The first-order chi connectivity index (χ1) is 12.1. The van der Waals surface area contributed by atoms with Crippen LogP contribution in [-0.2, 0) is 17.6 Å². The van der Waals surface area contributed by atoms with Gasteiger partial charge in [0.1, 0.15) is 5.76 Å². The lowest BCUT2D eigenvalue weighted by molar-refractivity contribution is -0.118. The Morgan fingerprint density at radius 3 is 3.04 bits per heavy atom. The zero-order valence-corrected chi connectivity index (χ0v) is 14.8. The van der Waals surface area contributed by atoms with Crippen LogP contribution in [0.4, 0.5) is 11.4 Å². The number of nitrogens with zero attached hydrogens (tertiary/aromatic N) is 2. The number of rotatable bonds is 3. The Hall–Kier alpha value is -2.60. The number of thiazole rings is 1. The van der Waals surface area contributed by atoms with Crippen LogP contribution in [0.25, 0.3) is 10.8 Å². The van der Waals surface area contributed by atoms with E-state index in [9.17, 15) is 4.79 Å². The SMILES string of the molecule is Cc1ccc(-c2nc(CC(=O)N3CCCc4c(N)cccc43)cs2)o1. The molecule has 2 N–H and O–H groups in total. The molecular weight excluding hydrogens is 334 g/mol. The molecule has 0 aliphatic carbocycles. The van der Waals surface area contributed by atoms with Crippen LogP contribution in [0.15, 0.2) is 40.1 Å². The molecule has 3 aromatic rings. The minimum absolute atomic E-state index is 0.0547. The maximum Gasteiger partial charge on any atom is 0.233 e. The van der Waals surface area contributed by atoms with E-state index in [4.69, 9.17) is 10.2 Å². The molecule has 0 radical (unpaired) electrons. The fourth-order valence-electron chi connectivity index (χ4n) is 3.21. The second kappa shape index (κ2) is 6.37. The number of anilines is 2. The lowest BCUT2D eigenvalue weighted by Gasteiger charge is -2.30. The van der Waals surface area contributed by atoms with Gasteiger partial charge < -0.3 is 15.1 Å². The number of furan rings is 1. The molecule has 0 atom stereocenters. The average molecular weight is 353 g/mol. The number of aromatic nitrogens is 1. The summed E-state index contributed by atoms with van der Waals surface area (Å²) in [6, 6.07) is 9.59. The van der Waals surface area contributed by atoms with E-state index in [1.165, 1.54) is 11.3 Å². The first-order valence-electron chi connectivity index (χ1n) is 8.31. The van der Waals surface area contributed by atoms with Gasteiger partial charge in [0.2, 0.25) is 5.91 Å². The Labute approximate surface area is 150 Å². The summed E-state index contributed by atoms with van der Waals surface area (Å²) in [6.45, 7) is 2.63. The third-order valence-corrected chi connectivity index (χ3v) is 5.33. The Morgan fingerprint density at radius 2 is 2.24 bits per heavy atom. The van der Waals surface area contributed by atoms with Gasteiger partial charge in [-0.25, -0.2) is 4.98 Å². The fourth-order valence-corrected chi connectivity index (χ4v) is 3.99. The lowest BCUT2D eigenvalue weighted by Crippen LogP contribution is -2.36. The molecule has 0 fully saturated rings. The van der Waals surface area contributed by atoms with Crippen molar-refractivity contribution < 1.29 is 9.21 Å². The van der Waals surface area contributed by atoms with Gasteiger partial charge in [0, 0.05) is 23.3 Å². The van der Waals surface area contributed by atoms with Crippen LogP contribution in [0, 0.1) is 6.92 Å². The topological polar surface area (TPSA) is 72.4 Å². The van der Waals surface area contributed by atoms with Crippen LogP contribution in [0.1, 0.15) is 23.4 Å². The first kappa shape index (κ1) is 15.9. The van der Waals surface area contributed by atoms with Crippen LogP contribution in [0.3, 0.4) is 0 Å². The quantitative estimate of drug-likeness (QED) is 0.727. The van der Waals surface area contributed by atoms with Gasteiger partial charge in [-0.2, -0.15) is 0 Å². The summed E-state index contributed by atoms with van der Waals surface area (Å²) in [4.78, 5) is 19.2. The molecule has 0 unspecified atom stereocenters. The molecule has 1 amide bonds. The van der Waals surface area contributed by atoms with Gasteiger partial charge in [0.15, 0.2) is 10.8 Å². The Kier molecular flexibility index (Phi) is 4.05. The number of carbonyl (C=O) groups is 1. The van der Waals surface area contributed by atoms with E-state index in [-0.39, 0.29) is 12.3 Å². The van der Waals surface area contributed by atoms with Gasteiger partial charge in [-0.1, -0.05) is 6.07 Å².